The molecular formula is C16H26N2O. The SMILES string of the molecule is CCN(Cc1cccc(C)n1)CC1(O)CCCCC1. The molecule has 106 valence electrons. The first-order chi connectivity index (χ1) is 9.11. The third kappa shape index (κ3) is 4.29. The fourth-order valence-electron chi connectivity index (χ4n) is 2.98. The summed E-state index contributed by atoms with van der Waals surface area (Å²) in [6.45, 7) is 6.74. The van der Waals surface area contributed by atoms with Gasteiger partial charge >= 0.3 is 0 Å². The number of rotatable bonds is 5. The molecule has 1 saturated carbocycles. The van der Waals surface area contributed by atoms with Crippen molar-refractivity contribution in [2.24, 2.45) is 0 Å². The van der Waals surface area contributed by atoms with Crippen molar-refractivity contribution in [2.75, 3.05) is 13.1 Å². The Hall–Kier alpha value is -0.930. The maximum absolute atomic E-state index is 10.6. The van der Waals surface area contributed by atoms with Gasteiger partial charge in [0.1, 0.15) is 0 Å². The van der Waals surface area contributed by atoms with Crippen LogP contribution in [0.15, 0.2) is 18.2 Å². The molecule has 0 amide bonds. The van der Waals surface area contributed by atoms with E-state index in [9.17, 15) is 5.11 Å². The molecule has 0 aromatic carbocycles. The first-order valence-corrected chi connectivity index (χ1v) is 7.48. The molecular weight excluding hydrogens is 236 g/mol. The van der Waals surface area contributed by atoms with Crippen molar-refractivity contribution in [1.29, 1.82) is 0 Å². The maximum Gasteiger partial charge on any atom is 0.0774 e. The summed E-state index contributed by atoms with van der Waals surface area (Å²) in [4.78, 5) is 6.87. The summed E-state index contributed by atoms with van der Waals surface area (Å²) in [5.74, 6) is 0. The Morgan fingerprint density at radius 2 is 2.00 bits per heavy atom. The third-order valence-corrected chi connectivity index (χ3v) is 4.08. The zero-order valence-electron chi connectivity index (χ0n) is 12.2. The van der Waals surface area contributed by atoms with Gasteiger partial charge in [-0.1, -0.05) is 32.3 Å². The fourth-order valence-corrected chi connectivity index (χ4v) is 2.98. The molecule has 1 aromatic rings. The number of hydrogen-bond acceptors (Lipinski definition) is 3. The molecule has 1 fully saturated rings. The van der Waals surface area contributed by atoms with E-state index in [-0.39, 0.29) is 0 Å². The molecule has 0 unspecified atom stereocenters. The van der Waals surface area contributed by atoms with E-state index in [0.717, 1.165) is 56.7 Å². The normalized spacial score (nSPS) is 18.7. The summed E-state index contributed by atoms with van der Waals surface area (Å²) in [6, 6.07) is 6.15. The highest BCUT2D eigenvalue weighted by molar-refractivity contribution is 5.09. The largest absolute Gasteiger partial charge is 0.389 e. The summed E-state index contributed by atoms with van der Waals surface area (Å²) in [7, 11) is 0. The van der Waals surface area contributed by atoms with Crippen molar-refractivity contribution in [3.05, 3.63) is 29.6 Å². The second-order valence-electron chi connectivity index (χ2n) is 5.86. The van der Waals surface area contributed by atoms with Gasteiger partial charge in [0.05, 0.1) is 11.3 Å². The second-order valence-corrected chi connectivity index (χ2v) is 5.86. The van der Waals surface area contributed by atoms with E-state index >= 15 is 0 Å². The number of hydrogen-bond donors (Lipinski definition) is 1. The number of aromatic nitrogens is 1. The lowest BCUT2D eigenvalue weighted by Gasteiger charge is -2.36. The van der Waals surface area contributed by atoms with Gasteiger partial charge in [-0.25, -0.2) is 0 Å². The van der Waals surface area contributed by atoms with Crippen LogP contribution in [-0.4, -0.2) is 33.7 Å². The van der Waals surface area contributed by atoms with Gasteiger partial charge in [0.2, 0.25) is 0 Å². The Morgan fingerprint density at radius 1 is 1.26 bits per heavy atom. The number of aliphatic hydroxyl groups is 1. The zero-order chi connectivity index (χ0) is 13.7. The number of aryl methyl sites for hydroxylation is 1. The van der Waals surface area contributed by atoms with E-state index in [0.29, 0.717) is 0 Å². The molecule has 3 nitrogen and oxygen atoms in total. The molecule has 0 saturated heterocycles. The lowest BCUT2D eigenvalue weighted by atomic mass is 9.84. The lowest BCUT2D eigenvalue weighted by Crippen LogP contribution is -2.44. The minimum atomic E-state index is -0.474. The molecule has 1 aliphatic carbocycles. The van der Waals surface area contributed by atoms with Crippen molar-refractivity contribution in [3.63, 3.8) is 0 Å². The second kappa shape index (κ2) is 6.49. The van der Waals surface area contributed by atoms with Crippen LogP contribution < -0.4 is 0 Å². The Kier molecular flexibility index (Phi) is 4.94. The molecule has 19 heavy (non-hydrogen) atoms. The van der Waals surface area contributed by atoms with Gasteiger partial charge in [-0.05, 0) is 38.4 Å². The van der Waals surface area contributed by atoms with Crippen molar-refractivity contribution in [1.82, 2.24) is 9.88 Å². The van der Waals surface area contributed by atoms with E-state index in [1.54, 1.807) is 0 Å². The quantitative estimate of drug-likeness (QED) is 0.886. The maximum atomic E-state index is 10.6. The van der Waals surface area contributed by atoms with E-state index in [1.807, 2.05) is 13.0 Å². The molecule has 0 radical (unpaired) electrons. The number of pyridine rings is 1. The monoisotopic (exact) mass is 262 g/mol. The van der Waals surface area contributed by atoms with Gasteiger partial charge < -0.3 is 5.11 Å². The number of likely N-dealkylation sites (N-methyl/N-ethyl adjacent to an activating group) is 1. The molecule has 1 aromatic heterocycles. The summed E-state index contributed by atoms with van der Waals surface area (Å²) in [6.07, 6.45) is 5.50. The molecule has 0 spiro atoms. The Bertz CT molecular complexity index is 399. The van der Waals surface area contributed by atoms with Gasteiger partial charge in [-0.2, -0.15) is 0 Å². The fraction of sp³-hybridized carbons (Fsp3) is 0.688. The highest BCUT2D eigenvalue weighted by atomic mass is 16.3. The van der Waals surface area contributed by atoms with Crippen molar-refractivity contribution in [3.8, 4) is 0 Å². The minimum absolute atomic E-state index is 0.474. The van der Waals surface area contributed by atoms with Crippen molar-refractivity contribution < 1.29 is 5.11 Å². The average Bonchev–Trinajstić information content (AvgIpc) is 2.38. The van der Waals surface area contributed by atoms with Gasteiger partial charge in [-0.3, -0.25) is 9.88 Å². The van der Waals surface area contributed by atoms with Gasteiger partial charge in [0.15, 0.2) is 0 Å². The molecule has 2 rings (SSSR count). The molecule has 1 N–H and O–H groups in total. The minimum Gasteiger partial charge on any atom is -0.389 e. The van der Waals surface area contributed by atoms with Crippen LogP contribution in [0.2, 0.25) is 0 Å². The third-order valence-electron chi connectivity index (χ3n) is 4.08. The van der Waals surface area contributed by atoms with Crippen LogP contribution >= 0.6 is 0 Å². The molecule has 3 heteroatoms. The lowest BCUT2D eigenvalue weighted by molar-refractivity contribution is -0.0272. The standard InChI is InChI=1S/C16H26N2O/c1-3-18(12-15-9-7-8-14(2)17-15)13-16(19)10-5-4-6-11-16/h7-9,19H,3-6,10-13H2,1-2H3. The van der Waals surface area contributed by atoms with E-state index in [2.05, 4.69) is 28.9 Å². The van der Waals surface area contributed by atoms with Crippen LogP contribution in [0.4, 0.5) is 0 Å². The topological polar surface area (TPSA) is 36.4 Å². The van der Waals surface area contributed by atoms with Crippen LogP contribution in [-0.2, 0) is 6.54 Å². The average molecular weight is 262 g/mol. The zero-order valence-corrected chi connectivity index (χ0v) is 12.2. The van der Waals surface area contributed by atoms with Gasteiger partial charge in [0.25, 0.3) is 0 Å². The summed E-state index contributed by atoms with van der Waals surface area (Å²) >= 11 is 0. The van der Waals surface area contributed by atoms with Crippen LogP contribution in [0, 0.1) is 6.92 Å². The van der Waals surface area contributed by atoms with Gasteiger partial charge in [0, 0.05) is 18.8 Å². The van der Waals surface area contributed by atoms with Crippen LogP contribution in [0.5, 0.6) is 0 Å². The van der Waals surface area contributed by atoms with E-state index in [1.165, 1.54) is 6.42 Å². The van der Waals surface area contributed by atoms with Crippen molar-refractivity contribution >= 4 is 0 Å². The first-order valence-electron chi connectivity index (χ1n) is 7.48. The summed E-state index contributed by atoms with van der Waals surface area (Å²) in [5, 5.41) is 10.6. The molecule has 0 aliphatic heterocycles. The smallest absolute Gasteiger partial charge is 0.0774 e. The van der Waals surface area contributed by atoms with Crippen LogP contribution in [0.25, 0.3) is 0 Å². The number of nitrogens with zero attached hydrogens (tertiary/aromatic N) is 2. The molecule has 1 aliphatic rings. The summed E-state index contributed by atoms with van der Waals surface area (Å²) in [5.41, 5.74) is 1.68. The van der Waals surface area contributed by atoms with Crippen LogP contribution in [0.3, 0.4) is 0 Å². The van der Waals surface area contributed by atoms with E-state index in [4.69, 9.17) is 0 Å². The predicted octanol–water partition coefficient (Wildman–Crippen LogP) is 2.91. The van der Waals surface area contributed by atoms with Crippen molar-refractivity contribution in [2.45, 2.75) is 58.1 Å². The Morgan fingerprint density at radius 3 is 2.63 bits per heavy atom. The molecule has 0 bridgehead atoms. The molecule has 1 heterocycles. The predicted molar refractivity (Wildman–Crippen MR) is 78.0 cm³/mol. The van der Waals surface area contributed by atoms with Gasteiger partial charge in [-0.15, -0.1) is 0 Å². The highest BCUT2D eigenvalue weighted by Crippen LogP contribution is 2.29. The first kappa shape index (κ1) is 14.5. The molecule has 0 atom stereocenters. The van der Waals surface area contributed by atoms with E-state index < -0.39 is 5.60 Å². The Labute approximate surface area is 116 Å². The van der Waals surface area contributed by atoms with Crippen LogP contribution in [0.1, 0.15) is 50.4 Å². The summed E-state index contributed by atoms with van der Waals surface area (Å²) < 4.78 is 0. The highest BCUT2D eigenvalue weighted by Gasteiger charge is 2.30. The Balaban J connectivity index is 1.96.